The van der Waals surface area contributed by atoms with Crippen molar-refractivity contribution in [1.29, 1.82) is 0 Å². The van der Waals surface area contributed by atoms with Gasteiger partial charge in [-0.15, -0.1) is 0 Å². The maximum absolute atomic E-state index is 13.8. The van der Waals surface area contributed by atoms with E-state index in [1.165, 1.54) is 18.1 Å². The summed E-state index contributed by atoms with van der Waals surface area (Å²) in [7, 11) is -7.06. The summed E-state index contributed by atoms with van der Waals surface area (Å²) in [6.07, 6.45) is -7.57. The molecule has 0 radical (unpaired) electrons. The van der Waals surface area contributed by atoms with Crippen LogP contribution in [0.2, 0.25) is 20.1 Å². The summed E-state index contributed by atoms with van der Waals surface area (Å²) < 4.78 is 155. The van der Waals surface area contributed by atoms with Crippen molar-refractivity contribution in [2.45, 2.75) is 55.5 Å². The molecule has 4 aromatic carbocycles. The Balaban J connectivity index is 0.000000244. The highest BCUT2D eigenvalue weighted by atomic mass is 35.5. The second-order valence-electron chi connectivity index (χ2n) is 16.3. The van der Waals surface area contributed by atoms with Crippen LogP contribution in [0.15, 0.2) is 119 Å². The number of sulfonamides is 2. The number of hydrogen-bond donors (Lipinski definition) is 1. The van der Waals surface area contributed by atoms with E-state index in [4.69, 9.17) is 77.0 Å². The number of alkyl halides is 6. The minimum atomic E-state index is -4.91. The van der Waals surface area contributed by atoms with Gasteiger partial charge in [0.15, 0.2) is 5.69 Å². The van der Waals surface area contributed by atoms with Gasteiger partial charge in [-0.25, -0.2) is 35.4 Å². The van der Waals surface area contributed by atoms with Gasteiger partial charge in [-0.1, -0.05) is 78.1 Å². The normalized spacial score (nSPS) is 14.9. The van der Waals surface area contributed by atoms with Crippen LogP contribution < -0.4 is 28.3 Å². The third-order valence-corrected chi connectivity index (χ3v) is 15.5. The zero-order chi connectivity index (χ0) is 56.8. The molecule has 0 bridgehead atoms. The van der Waals surface area contributed by atoms with Gasteiger partial charge in [-0.05, 0) is 98.2 Å². The second-order valence-corrected chi connectivity index (χ2v) is 22.0. The van der Waals surface area contributed by atoms with Crippen molar-refractivity contribution in [2.75, 3.05) is 59.7 Å². The van der Waals surface area contributed by atoms with Crippen LogP contribution in [0.25, 0.3) is 0 Å². The SMILES string of the molecule is C.CC1COc2ccccc2N1.COCN(c1cc(Cl)cnc1C(=O)Cl)S(=O)(=O)c1ccc(Cl)c(C(F)(F)F)c1.COCN(c1cc(Cl)cnc1C(=O)N1c2ccccc2OCC1C)S(=O)(=O)c1ccc(Cl)c(C(F)(F)F)c1. The van der Waals surface area contributed by atoms with E-state index in [9.17, 15) is 52.8 Å². The Morgan fingerprint density at radius 2 is 1.13 bits per heavy atom. The number of carbonyl (C=O) groups excluding carboxylic acids is 2. The molecule has 420 valence electrons. The Morgan fingerprint density at radius 3 is 1.62 bits per heavy atom. The van der Waals surface area contributed by atoms with Crippen molar-refractivity contribution in [1.82, 2.24) is 9.97 Å². The summed E-state index contributed by atoms with van der Waals surface area (Å²) in [6, 6.07) is 21.2. The first-order chi connectivity index (χ1) is 36.1. The first kappa shape index (κ1) is 63.0. The molecule has 0 saturated heterocycles. The molecule has 6 aromatic rings. The van der Waals surface area contributed by atoms with Crippen molar-refractivity contribution in [2.24, 2.45) is 0 Å². The molecule has 29 heteroatoms. The van der Waals surface area contributed by atoms with Crippen molar-refractivity contribution >= 4 is 112 Å². The molecule has 2 atom stereocenters. The lowest BCUT2D eigenvalue weighted by Crippen LogP contribution is -2.46. The monoisotopic (exact) mass is 1230 g/mol. The molecule has 78 heavy (non-hydrogen) atoms. The highest BCUT2D eigenvalue weighted by Crippen LogP contribution is 2.41. The number of pyridine rings is 2. The first-order valence-electron chi connectivity index (χ1n) is 21.9. The number of aromatic nitrogens is 2. The zero-order valence-electron chi connectivity index (χ0n) is 40.2. The third-order valence-electron chi connectivity index (χ3n) is 10.8. The van der Waals surface area contributed by atoms with E-state index in [1.54, 1.807) is 31.2 Å². The number of methoxy groups -OCH3 is 2. The van der Waals surface area contributed by atoms with E-state index in [2.05, 4.69) is 22.2 Å². The standard InChI is InChI=1S/C24H20Cl2F3N3O5S.C15H10Cl3F3N2O4S.C9H11NO.CH4/c1-14-12-37-21-6-4-3-5-19(21)32(14)23(33)22-20(9-15(25)11-30-22)31(13-36-2)38(34,35)16-7-8-18(26)17(10-16)24(27,28)29;1-27-7-23(12-4-8(16)6-22-13(12)14(18)24)28(25,26)9-2-3-11(17)10(5-9)15(19,20)21;1-7-6-11-9-5-3-2-4-8(9)10-7;/h3-11,14H,12-13H2,1-2H3;2-6H,7H2,1H3;2-5,7,10H,6H2,1H3;1H4. The Morgan fingerprint density at radius 1 is 0.679 bits per heavy atom. The summed E-state index contributed by atoms with van der Waals surface area (Å²) >= 11 is 28.6. The minimum Gasteiger partial charge on any atom is -0.489 e. The van der Waals surface area contributed by atoms with Crippen molar-refractivity contribution in [3.8, 4) is 11.5 Å². The summed E-state index contributed by atoms with van der Waals surface area (Å²) in [5.74, 6) is 0.727. The zero-order valence-corrected chi connectivity index (χ0v) is 45.6. The Kier molecular flexibility index (Phi) is 21.0. The fourth-order valence-electron chi connectivity index (χ4n) is 7.30. The molecular weight excluding hydrogens is 1190 g/mol. The molecule has 0 aliphatic carbocycles. The van der Waals surface area contributed by atoms with E-state index in [0.29, 0.717) is 38.2 Å². The Bertz CT molecular complexity index is 3390. The van der Waals surface area contributed by atoms with Crippen LogP contribution in [-0.4, -0.2) is 90.9 Å². The lowest BCUT2D eigenvalue weighted by atomic mass is 10.1. The molecule has 8 rings (SSSR count). The number of ether oxygens (including phenoxy) is 4. The topological polar surface area (TPSA) is 187 Å². The lowest BCUT2D eigenvalue weighted by Gasteiger charge is -2.35. The van der Waals surface area contributed by atoms with Crippen LogP contribution in [0.1, 0.15) is 53.4 Å². The van der Waals surface area contributed by atoms with E-state index < -0.39 is 99.7 Å². The Labute approximate surface area is 469 Å². The molecule has 1 N–H and O–H groups in total. The molecule has 4 heterocycles. The van der Waals surface area contributed by atoms with Gasteiger partial charge in [-0.2, -0.15) is 26.3 Å². The molecule has 0 fully saturated rings. The Hall–Kier alpha value is -5.83. The van der Waals surface area contributed by atoms with E-state index in [-0.39, 0.29) is 41.1 Å². The van der Waals surface area contributed by atoms with E-state index in [1.807, 2.05) is 24.3 Å². The van der Waals surface area contributed by atoms with Gasteiger partial charge in [0.2, 0.25) is 0 Å². The number of anilines is 4. The quantitative estimate of drug-likeness (QED) is 0.0693. The summed E-state index contributed by atoms with van der Waals surface area (Å²) in [5.41, 5.74) is -2.58. The molecule has 1 amide bonds. The van der Waals surface area contributed by atoms with Gasteiger partial charge in [0.1, 0.15) is 43.9 Å². The lowest BCUT2D eigenvalue weighted by molar-refractivity contribution is -0.138. The van der Waals surface area contributed by atoms with Crippen LogP contribution in [-0.2, 0) is 41.9 Å². The number of rotatable bonds is 12. The molecule has 2 aliphatic heterocycles. The average Bonchev–Trinajstić information content (AvgIpc) is 3.37. The van der Waals surface area contributed by atoms with Crippen LogP contribution in [0.5, 0.6) is 11.5 Å². The van der Waals surface area contributed by atoms with Gasteiger partial charge >= 0.3 is 12.4 Å². The minimum absolute atomic E-state index is 0. The molecule has 2 aromatic heterocycles. The average molecular weight is 1230 g/mol. The fourth-order valence-corrected chi connectivity index (χ4v) is 11.0. The first-order valence-corrected chi connectivity index (χ1v) is 26.7. The van der Waals surface area contributed by atoms with Crippen LogP contribution in [0.3, 0.4) is 0 Å². The van der Waals surface area contributed by atoms with Gasteiger partial charge in [-0.3, -0.25) is 14.5 Å². The molecule has 2 unspecified atom stereocenters. The maximum Gasteiger partial charge on any atom is 0.417 e. The number of nitrogens with one attached hydrogen (secondary N) is 1. The summed E-state index contributed by atoms with van der Waals surface area (Å²) in [6.45, 7) is 3.44. The molecular formula is C49H45Cl5F6N6O10S2. The number of halogens is 11. The summed E-state index contributed by atoms with van der Waals surface area (Å²) in [5, 5.41) is 0.827. The number of fused-ring (bicyclic) bond motifs is 2. The van der Waals surface area contributed by atoms with Crippen molar-refractivity contribution in [3.05, 3.63) is 152 Å². The number of nitrogens with zero attached hydrogens (tertiary/aromatic N) is 5. The second kappa shape index (κ2) is 26.0. The summed E-state index contributed by atoms with van der Waals surface area (Å²) in [4.78, 5) is 33.2. The third kappa shape index (κ3) is 14.5. The smallest absolute Gasteiger partial charge is 0.417 e. The van der Waals surface area contributed by atoms with Gasteiger partial charge < -0.3 is 24.3 Å². The molecule has 2 aliphatic rings. The highest BCUT2D eigenvalue weighted by molar-refractivity contribution is 7.93. The number of para-hydroxylation sites is 4. The van der Waals surface area contributed by atoms with Gasteiger partial charge in [0, 0.05) is 26.6 Å². The highest BCUT2D eigenvalue weighted by Gasteiger charge is 2.40. The fraction of sp³-hybridized carbons (Fsp3) is 0.265. The number of hydrogen-bond acceptors (Lipinski definition) is 13. The van der Waals surface area contributed by atoms with E-state index >= 15 is 0 Å². The number of amides is 1. The van der Waals surface area contributed by atoms with Gasteiger partial charge in [0.05, 0.1) is 75.8 Å². The predicted octanol–water partition coefficient (Wildman–Crippen LogP) is 12.7. The predicted molar refractivity (Wildman–Crippen MR) is 285 cm³/mol. The van der Waals surface area contributed by atoms with Crippen molar-refractivity contribution < 1.29 is 71.7 Å². The van der Waals surface area contributed by atoms with E-state index in [0.717, 1.165) is 67.9 Å². The van der Waals surface area contributed by atoms with Gasteiger partial charge in [0.25, 0.3) is 31.2 Å². The van der Waals surface area contributed by atoms with Crippen LogP contribution in [0.4, 0.5) is 49.1 Å². The molecule has 0 spiro atoms. The maximum atomic E-state index is 13.8. The van der Waals surface area contributed by atoms with Crippen molar-refractivity contribution in [3.63, 3.8) is 0 Å². The number of carbonyl (C=O) groups is 2. The van der Waals surface area contributed by atoms with Crippen LogP contribution in [0, 0.1) is 0 Å². The number of benzene rings is 4. The van der Waals surface area contributed by atoms with Crippen LogP contribution >= 0.6 is 58.0 Å². The molecule has 0 saturated carbocycles. The molecule has 16 nitrogen and oxygen atoms in total. The largest absolute Gasteiger partial charge is 0.489 e.